The number of likely N-dealkylation sites (tertiary alicyclic amines) is 1. The van der Waals surface area contributed by atoms with E-state index < -0.39 is 15.6 Å². The molecule has 8 heteroatoms. The molecule has 1 aromatic carbocycles. The van der Waals surface area contributed by atoms with Gasteiger partial charge in [0.15, 0.2) is 0 Å². The summed E-state index contributed by atoms with van der Waals surface area (Å²) in [5.41, 5.74) is 0.0279. The van der Waals surface area contributed by atoms with Crippen LogP contribution < -0.4 is 4.72 Å². The molecule has 0 bridgehead atoms. The smallest absolute Gasteiger partial charge is 0.410 e. The number of carbonyl (C=O) groups excluding carboxylic acids is 1. The largest absolute Gasteiger partial charge is 0.444 e. The average Bonchev–Trinajstić information content (AvgIpc) is 3.07. The van der Waals surface area contributed by atoms with Crippen LogP contribution in [0.1, 0.15) is 39.2 Å². The molecular weight excluding hydrogens is 342 g/mol. The Morgan fingerprint density at radius 2 is 2.08 bits per heavy atom. The van der Waals surface area contributed by atoms with Crippen molar-refractivity contribution < 1.29 is 17.9 Å². The number of aliphatic imine (C=N–C) groups is 1. The second-order valence-corrected chi connectivity index (χ2v) is 8.91. The molecule has 1 amide bonds. The zero-order valence-electron chi connectivity index (χ0n) is 14.7. The molecule has 1 saturated heterocycles. The molecule has 2 aliphatic rings. The lowest BCUT2D eigenvalue weighted by atomic mass is 10.2. The Kier molecular flexibility index (Phi) is 4.49. The highest BCUT2D eigenvalue weighted by atomic mass is 32.2. The van der Waals surface area contributed by atoms with Crippen LogP contribution >= 0.6 is 0 Å². The fourth-order valence-corrected chi connectivity index (χ4v) is 4.29. The van der Waals surface area contributed by atoms with Crippen molar-refractivity contribution in [3.8, 4) is 0 Å². The van der Waals surface area contributed by atoms with Crippen molar-refractivity contribution in [2.75, 3.05) is 13.1 Å². The molecular formula is C17H23N3O4S. The van der Waals surface area contributed by atoms with Gasteiger partial charge in [-0.3, -0.25) is 9.71 Å². The predicted molar refractivity (Wildman–Crippen MR) is 94.1 cm³/mol. The van der Waals surface area contributed by atoms with Crippen molar-refractivity contribution in [2.45, 2.75) is 50.2 Å². The van der Waals surface area contributed by atoms with Gasteiger partial charge >= 0.3 is 6.09 Å². The lowest BCUT2D eigenvalue weighted by Crippen LogP contribution is -2.41. The molecule has 0 spiro atoms. The van der Waals surface area contributed by atoms with Crippen LogP contribution in [0, 0.1) is 0 Å². The number of amidine groups is 1. The van der Waals surface area contributed by atoms with Gasteiger partial charge in [0.05, 0.1) is 17.5 Å². The zero-order chi connectivity index (χ0) is 18.2. The van der Waals surface area contributed by atoms with Gasteiger partial charge in [-0.1, -0.05) is 12.1 Å². The lowest BCUT2D eigenvalue weighted by molar-refractivity contribution is 0.0232. The fraction of sp³-hybridized carbons (Fsp3) is 0.529. The molecule has 7 nitrogen and oxygen atoms in total. The fourth-order valence-electron chi connectivity index (χ4n) is 3.03. The molecule has 3 rings (SSSR count). The van der Waals surface area contributed by atoms with E-state index in [1.807, 2.05) is 20.8 Å². The third kappa shape index (κ3) is 3.78. The number of carbonyl (C=O) groups is 1. The number of hydrogen-bond acceptors (Lipinski definition) is 5. The van der Waals surface area contributed by atoms with Crippen LogP contribution in [-0.2, 0) is 14.8 Å². The number of amides is 1. The van der Waals surface area contributed by atoms with Crippen LogP contribution in [0.15, 0.2) is 34.2 Å². The maximum absolute atomic E-state index is 12.3. The van der Waals surface area contributed by atoms with E-state index in [9.17, 15) is 13.2 Å². The summed E-state index contributed by atoms with van der Waals surface area (Å²) in [6.07, 6.45) is 1.37. The van der Waals surface area contributed by atoms with Gasteiger partial charge in [0.25, 0.3) is 10.0 Å². The molecule has 0 saturated carbocycles. The Balaban J connectivity index is 1.75. The maximum Gasteiger partial charge on any atom is 0.410 e. The first-order valence-corrected chi connectivity index (χ1v) is 9.82. The van der Waals surface area contributed by atoms with E-state index in [4.69, 9.17) is 4.74 Å². The number of hydrogen-bond donors (Lipinski definition) is 1. The van der Waals surface area contributed by atoms with Crippen LogP contribution in [0.3, 0.4) is 0 Å². The van der Waals surface area contributed by atoms with E-state index in [0.717, 1.165) is 12.8 Å². The Hall–Kier alpha value is -2.09. The summed E-state index contributed by atoms with van der Waals surface area (Å²) in [5.74, 6) is 0.339. The molecule has 0 aromatic heterocycles. The third-order valence-corrected chi connectivity index (χ3v) is 5.53. The van der Waals surface area contributed by atoms with E-state index in [2.05, 4.69) is 9.71 Å². The molecule has 2 heterocycles. The SMILES string of the molecule is CC(C)(C)OC(=O)N1CCC[C@@H]1CN=C1NS(=O)(=O)c2ccccc21. The molecule has 25 heavy (non-hydrogen) atoms. The van der Waals surface area contributed by atoms with Crippen molar-refractivity contribution in [1.29, 1.82) is 0 Å². The number of nitrogens with zero attached hydrogens (tertiary/aromatic N) is 2. The summed E-state index contributed by atoms with van der Waals surface area (Å²) < 4.78 is 32.2. The molecule has 136 valence electrons. The van der Waals surface area contributed by atoms with E-state index in [1.54, 1.807) is 29.2 Å². The predicted octanol–water partition coefficient (Wildman–Crippen LogP) is 2.12. The topological polar surface area (TPSA) is 88.1 Å². The van der Waals surface area contributed by atoms with Crippen LogP contribution in [0.5, 0.6) is 0 Å². The van der Waals surface area contributed by atoms with Gasteiger partial charge in [-0.15, -0.1) is 0 Å². The number of ether oxygens (including phenoxy) is 1. The standard InChI is InChI=1S/C17H23N3O4S/c1-17(2,3)24-16(21)20-10-6-7-12(20)11-18-15-13-8-4-5-9-14(13)25(22,23)19-15/h4-5,8-9,12H,6-7,10-11H2,1-3H3,(H,18,19)/t12-/m1/s1. The number of fused-ring (bicyclic) bond motifs is 1. The quantitative estimate of drug-likeness (QED) is 0.869. The Labute approximate surface area is 148 Å². The second kappa shape index (κ2) is 6.33. The van der Waals surface area contributed by atoms with E-state index in [1.165, 1.54) is 0 Å². The van der Waals surface area contributed by atoms with Gasteiger partial charge < -0.3 is 9.64 Å². The normalized spacial score (nSPS) is 23.4. The number of sulfonamides is 1. The van der Waals surface area contributed by atoms with Gasteiger partial charge in [0.1, 0.15) is 11.4 Å². The monoisotopic (exact) mass is 365 g/mol. The van der Waals surface area contributed by atoms with Gasteiger partial charge in [-0.25, -0.2) is 13.2 Å². The van der Waals surface area contributed by atoms with Crippen LogP contribution in [0.4, 0.5) is 4.79 Å². The van der Waals surface area contributed by atoms with Crippen LogP contribution in [0.2, 0.25) is 0 Å². The van der Waals surface area contributed by atoms with Gasteiger partial charge in [-0.2, -0.15) is 0 Å². The molecule has 0 aliphatic carbocycles. The highest BCUT2D eigenvalue weighted by Gasteiger charge is 2.34. The summed E-state index contributed by atoms with van der Waals surface area (Å²) in [7, 11) is -3.54. The molecule has 1 atom stereocenters. The first kappa shape index (κ1) is 17.7. The molecule has 0 unspecified atom stereocenters. The average molecular weight is 365 g/mol. The van der Waals surface area contributed by atoms with Crippen molar-refractivity contribution >= 4 is 22.0 Å². The van der Waals surface area contributed by atoms with Crippen LogP contribution in [-0.4, -0.2) is 50.0 Å². The third-order valence-electron chi connectivity index (χ3n) is 4.13. The second-order valence-electron chi connectivity index (χ2n) is 7.26. The Morgan fingerprint density at radius 3 is 2.80 bits per heavy atom. The zero-order valence-corrected chi connectivity index (χ0v) is 15.5. The van der Waals surface area contributed by atoms with Gasteiger partial charge in [-0.05, 0) is 45.7 Å². The summed E-state index contributed by atoms with van der Waals surface area (Å²) >= 11 is 0. The number of benzene rings is 1. The first-order chi connectivity index (χ1) is 11.7. The maximum atomic E-state index is 12.3. The lowest BCUT2D eigenvalue weighted by Gasteiger charge is -2.28. The minimum absolute atomic E-state index is 0.0837. The summed E-state index contributed by atoms with van der Waals surface area (Å²) in [6, 6.07) is 6.66. The van der Waals surface area contributed by atoms with Crippen molar-refractivity contribution in [3.05, 3.63) is 29.8 Å². The number of rotatable bonds is 2. The molecule has 2 aliphatic heterocycles. The van der Waals surface area contributed by atoms with Crippen molar-refractivity contribution in [2.24, 2.45) is 4.99 Å². The summed E-state index contributed by atoms with van der Waals surface area (Å²) in [5, 5.41) is 0. The van der Waals surface area contributed by atoms with Gasteiger partial charge in [0.2, 0.25) is 0 Å². The number of nitrogens with one attached hydrogen (secondary N) is 1. The minimum Gasteiger partial charge on any atom is -0.444 e. The molecule has 1 fully saturated rings. The molecule has 1 aromatic rings. The van der Waals surface area contributed by atoms with Crippen molar-refractivity contribution in [1.82, 2.24) is 9.62 Å². The molecule has 0 radical (unpaired) electrons. The van der Waals surface area contributed by atoms with E-state index in [-0.39, 0.29) is 17.0 Å². The Bertz CT molecular complexity index is 811. The molecule has 1 N–H and O–H groups in total. The highest BCUT2D eigenvalue weighted by Crippen LogP contribution is 2.24. The first-order valence-electron chi connectivity index (χ1n) is 8.34. The van der Waals surface area contributed by atoms with Gasteiger partial charge in [0, 0.05) is 12.1 Å². The minimum atomic E-state index is -3.54. The van der Waals surface area contributed by atoms with E-state index >= 15 is 0 Å². The summed E-state index contributed by atoms with van der Waals surface area (Å²) in [4.78, 5) is 18.7. The van der Waals surface area contributed by atoms with E-state index in [0.29, 0.717) is 24.5 Å². The highest BCUT2D eigenvalue weighted by molar-refractivity contribution is 7.90. The van der Waals surface area contributed by atoms with Crippen LogP contribution in [0.25, 0.3) is 0 Å². The Morgan fingerprint density at radius 1 is 1.36 bits per heavy atom. The summed E-state index contributed by atoms with van der Waals surface area (Å²) in [6.45, 7) is 6.47. The van der Waals surface area contributed by atoms with Crippen molar-refractivity contribution in [3.63, 3.8) is 0 Å².